The molecule has 0 radical (unpaired) electrons. The number of hydrogen-bond acceptors (Lipinski definition) is 4. The second kappa shape index (κ2) is 5.57. The lowest BCUT2D eigenvalue weighted by Crippen LogP contribution is -2.09. The Kier molecular flexibility index (Phi) is 3.99. The number of carboxylic acids is 1. The van der Waals surface area contributed by atoms with Crippen LogP contribution < -0.4 is 5.32 Å². The zero-order chi connectivity index (χ0) is 15.6. The zero-order valence-electron chi connectivity index (χ0n) is 10.1. The monoisotopic (exact) mass is 317 g/mol. The Morgan fingerprint density at radius 2 is 1.90 bits per heavy atom. The number of nitrogens with one attached hydrogen (secondary N) is 1. The SMILES string of the molecule is O=C(O)c1ccc(Nc2ccc(C(F)(F)F)nn2)cc1Cl. The highest BCUT2D eigenvalue weighted by Crippen LogP contribution is 2.28. The van der Waals surface area contributed by atoms with E-state index in [0.717, 1.165) is 12.1 Å². The Morgan fingerprint density at radius 1 is 1.19 bits per heavy atom. The van der Waals surface area contributed by atoms with E-state index in [9.17, 15) is 18.0 Å². The Morgan fingerprint density at radius 3 is 2.38 bits per heavy atom. The van der Waals surface area contributed by atoms with Crippen LogP contribution in [0.4, 0.5) is 24.7 Å². The highest BCUT2D eigenvalue weighted by atomic mass is 35.5. The van der Waals surface area contributed by atoms with Gasteiger partial charge in [0, 0.05) is 5.69 Å². The summed E-state index contributed by atoms with van der Waals surface area (Å²) in [7, 11) is 0. The Bertz CT molecular complexity index is 674. The van der Waals surface area contributed by atoms with Crippen LogP contribution in [0, 0.1) is 0 Å². The Hall–Kier alpha value is -2.35. The molecule has 2 aromatic rings. The number of rotatable bonds is 3. The lowest BCUT2D eigenvalue weighted by atomic mass is 10.2. The van der Waals surface area contributed by atoms with Gasteiger partial charge in [-0.2, -0.15) is 13.2 Å². The Balaban J connectivity index is 2.19. The summed E-state index contributed by atoms with van der Waals surface area (Å²) in [5, 5.41) is 17.9. The van der Waals surface area contributed by atoms with Gasteiger partial charge in [-0.3, -0.25) is 0 Å². The van der Waals surface area contributed by atoms with Crippen LogP contribution in [0.15, 0.2) is 30.3 Å². The highest BCUT2D eigenvalue weighted by molar-refractivity contribution is 6.33. The molecule has 1 aromatic heterocycles. The molecule has 110 valence electrons. The predicted molar refractivity (Wildman–Crippen MR) is 68.7 cm³/mol. The minimum Gasteiger partial charge on any atom is -0.478 e. The molecule has 0 aliphatic rings. The van der Waals surface area contributed by atoms with Gasteiger partial charge in [-0.05, 0) is 30.3 Å². The van der Waals surface area contributed by atoms with Crippen LogP contribution in [0.3, 0.4) is 0 Å². The standard InChI is InChI=1S/C12H7ClF3N3O2/c13-8-5-6(1-2-7(8)11(20)21)17-10-4-3-9(18-19-10)12(14,15)16/h1-5H,(H,17,19)(H,20,21). The molecule has 0 unspecified atom stereocenters. The molecule has 2 N–H and O–H groups in total. The number of nitrogens with zero attached hydrogens (tertiary/aromatic N) is 2. The first-order valence-corrected chi connectivity index (χ1v) is 5.86. The summed E-state index contributed by atoms with van der Waals surface area (Å²) in [5.41, 5.74) is -0.813. The van der Waals surface area contributed by atoms with Crippen LogP contribution in [-0.2, 0) is 6.18 Å². The molecule has 0 spiro atoms. The summed E-state index contributed by atoms with van der Waals surface area (Å²) in [6, 6.07) is 5.89. The average molecular weight is 318 g/mol. The molecule has 5 nitrogen and oxygen atoms in total. The van der Waals surface area contributed by atoms with Crippen LogP contribution in [0.2, 0.25) is 5.02 Å². The molecule has 9 heteroatoms. The van der Waals surface area contributed by atoms with E-state index in [1.807, 2.05) is 0 Å². The van der Waals surface area contributed by atoms with Gasteiger partial charge in [0.05, 0.1) is 10.6 Å². The number of benzene rings is 1. The van der Waals surface area contributed by atoms with Crippen molar-refractivity contribution in [3.8, 4) is 0 Å². The number of carboxylic acid groups (broad SMARTS) is 1. The Labute approximate surface area is 121 Å². The van der Waals surface area contributed by atoms with Gasteiger partial charge in [0.2, 0.25) is 0 Å². The topological polar surface area (TPSA) is 75.1 Å². The van der Waals surface area contributed by atoms with Crippen LogP contribution in [0.5, 0.6) is 0 Å². The molecule has 0 aliphatic heterocycles. The minimum atomic E-state index is -4.56. The van der Waals surface area contributed by atoms with Crippen molar-refractivity contribution in [2.75, 3.05) is 5.32 Å². The van der Waals surface area contributed by atoms with E-state index in [0.29, 0.717) is 5.69 Å². The molecule has 1 aromatic carbocycles. The van der Waals surface area contributed by atoms with Gasteiger partial charge in [0.25, 0.3) is 0 Å². The van der Waals surface area contributed by atoms with E-state index in [4.69, 9.17) is 16.7 Å². The van der Waals surface area contributed by atoms with Crippen molar-refractivity contribution in [2.24, 2.45) is 0 Å². The number of halogens is 4. The molecule has 0 saturated carbocycles. The minimum absolute atomic E-state index is 0.00706. The fourth-order valence-electron chi connectivity index (χ4n) is 1.46. The first kappa shape index (κ1) is 15.0. The van der Waals surface area contributed by atoms with Gasteiger partial charge < -0.3 is 10.4 Å². The number of aromatic carboxylic acids is 1. The summed E-state index contributed by atoms with van der Waals surface area (Å²) in [6.45, 7) is 0. The fourth-order valence-corrected chi connectivity index (χ4v) is 1.73. The van der Waals surface area contributed by atoms with Gasteiger partial charge >= 0.3 is 12.1 Å². The van der Waals surface area contributed by atoms with Crippen molar-refractivity contribution in [1.29, 1.82) is 0 Å². The van der Waals surface area contributed by atoms with E-state index in [1.165, 1.54) is 18.2 Å². The molecule has 21 heavy (non-hydrogen) atoms. The summed E-state index contributed by atoms with van der Waals surface area (Å²) in [5.74, 6) is -1.11. The number of hydrogen-bond donors (Lipinski definition) is 2. The van der Waals surface area contributed by atoms with Gasteiger partial charge in [-0.25, -0.2) is 4.79 Å². The third-order valence-corrected chi connectivity index (χ3v) is 2.74. The van der Waals surface area contributed by atoms with Gasteiger partial charge in [0.1, 0.15) is 0 Å². The van der Waals surface area contributed by atoms with Gasteiger partial charge in [-0.15, -0.1) is 10.2 Å². The molecule has 2 rings (SSSR count). The lowest BCUT2D eigenvalue weighted by Gasteiger charge is -2.08. The number of carbonyl (C=O) groups is 1. The molecular weight excluding hydrogens is 311 g/mol. The van der Waals surface area contributed by atoms with E-state index in [1.54, 1.807) is 0 Å². The molecule has 0 saturated heterocycles. The zero-order valence-corrected chi connectivity index (χ0v) is 10.9. The maximum atomic E-state index is 12.3. The van der Waals surface area contributed by atoms with Crippen molar-refractivity contribution in [2.45, 2.75) is 6.18 Å². The fraction of sp³-hybridized carbons (Fsp3) is 0.0833. The molecule has 0 atom stereocenters. The van der Waals surface area contributed by atoms with E-state index >= 15 is 0 Å². The summed E-state index contributed by atoms with van der Waals surface area (Å²) in [6.07, 6.45) is -4.56. The van der Waals surface area contributed by atoms with E-state index in [-0.39, 0.29) is 16.4 Å². The summed E-state index contributed by atoms with van der Waals surface area (Å²) >= 11 is 5.77. The predicted octanol–water partition coefficient (Wildman–Crippen LogP) is 3.59. The van der Waals surface area contributed by atoms with Gasteiger partial charge in [0.15, 0.2) is 11.5 Å². The van der Waals surface area contributed by atoms with Crippen LogP contribution >= 0.6 is 11.6 Å². The van der Waals surface area contributed by atoms with Crippen molar-refractivity contribution in [3.63, 3.8) is 0 Å². The lowest BCUT2D eigenvalue weighted by molar-refractivity contribution is -0.141. The molecule has 0 fully saturated rings. The van der Waals surface area contributed by atoms with Crippen molar-refractivity contribution < 1.29 is 23.1 Å². The van der Waals surface area contributed by atoms with Crippen LogP contribution in [0.25, 0.3) is 0 Å². The maximum absolute atomic E-state index is 12.3. The van der Waals surface area contributed by atoms with Crippen LogP contribution in [-0.4, -0.2) is 21.3 Å². The smallest absolute Gasteiger partial charge is 0.435 e. The van der Waals surface area contributed by atoms with Crippen molar-refractivity contribution in [3.05, 3.63) is 46.6 Å². The summed E-state index contributed by atoms with van der Waals surface area (Å²) < 4.78 is 37.0. The number of alkyl halides is 3. The molecule has 0 bridgehead atoms. The summed E-state index contributed by atoms with van der Waals surface area (Å²) in [4.78, 5) is 10.8. The molecular formula is C12H7ClF3N3O2. The largest absolute Gasteiger partial charge is 0.478 e. The number of aromatic nitrogens is 2. The molecule has 0 aliphatic carbocycles. The molecule has 1 heterocycles. The number of anilines is 2. The first-order valence-electron chi connectivity index (χ1n) is 5.48. The van der Waals surface area contributed by atoms with E-state index < -0.39 is 17.8 Å². The van der Waals surface area contributed by atoms with Crippen LogP contribution in [0.1, 0.15) is 16.1 Å². The van der Waals surface area contributed by atoms with E-state index in [2.05, 4.69) is 15.5 Å². The first-order chi connectivity index (χ1) is 9.77. The van der Waals surface area contributed by atoms with Crippen molar-refractivity contribution >= 4 is 29.1 Å². The van der Waals surface area contributed by atoms with Crippen molar-refractivity contribution in [1.82, 2.24) is 10.2 Å². The highest BCUT2D eigenvalue weighted by Gasteiger charge is 2.32. The van der Waals surface area contributed by atoms with Gasteiger partial charge in [-0.1, -0.05) is 11.6 Å². The quantitative estimate of drug-likeness (QED) is 0.904. The average Bonchev–Trinajstić information content (AvgIpc) is 2.38. The molecule has 0 amide bonds. The third kappa shape index (κ3) is 3.60. The second-order valence-electron chi connectivity index (χ2n) is 3.93. The second-order valence-corrected chi connectivity index (χ2v) is 4.33. The normalized spacial score (nSPS) is 11.2. The third-order valence-electron chi connectivity index (χ3n) is 2.43. The maximum Gasteiger partial charge on any atom is 0.435 e.